The Morgan fingerprint density at radius 3 is 2.50 bits per heavy atom. The number of nitrogens with zero attached hydrogens (tertiary/aromatic N) is 1. The van der Waals surface area contributed by atoms with E-state index in [1.165, 1.54) is 13.1 Å². The Morgan fingerprint density at radius 2 is 1.89 bits per heavy atom. The summed E-state index contributed by atoms with van der Waals surface area (Å²) in [5.74, 6) is -2.02. The monoisotopic (exact) mass is 405 g/mol. The van der Waals surface area contributed by atoms with E-state index >= 15 is 0 Å². The Balaban J connectivity index is 1.89. The van der Waals surface area contributed by atoms with Crippen molar-refractivity contribution in [3.63, 3.8) is 0 Å². The highest BCUT2D eigenvalue weighted by atomic mass is 32.1. The molecule has 6 nitrogen and oxygen atoms in total. The van der Waals surface area contributed by atoms with Crippen LogP contribution in [0.25, 0.3) is 10.8 Å². The number of nitrogens with one attached hydrogen (secondary N) is 2. The van der Waals surface area contributed by atoms with Crippen molar-refractivity contribution in [2.45, 2.75) is 19.9 Å². The van der Waals surface area contributed by atoms with Gasteiger partial charge in [0, 0.05) is 7.05 Å². The number of aryl methyl sites for hydroxylation is 2. The van der Waals surface area contributed by atoms with Crippen molar-refractivity contribution in [1.29, 1.82) is 0 Å². The van der Waals surface area contributed by atoms with Crippen LogP contribution in [0, 0.1) is 25.5 Å². The molecule has 9 heteroatoms. The van der Waals surface area contributed by atoms with Crippen LogP contribution in [0.4, 0.5) is 8.78 Å². The molecule has 3 rings (SSSR count). The molecule has 1 atom stereocenters. The average Bonchev–Trinajstić information content (AvgIpc) is 3.27. The summed E-state index contributed by atoms with van der Waals surface area (Å²) >= 11 is 1.11. The predicted octanol–water partition coefficient (Wildman–Crippen LogP) is 3.52. The number of rotatable bonds is 5. The molecule has 0 saturated carbocycles. The molecule has 0 radical (unpaired) electrons. The number of benzene rings is 1. The minimum atomic E-state index is -1.19. The molecule has 0 bridgehead atoms. The van der Waals surface area contributed by atoms with Crippen LogP contribution in [-0.2, 0) is 4.79 Å². The number of amides is 2. The first-order valence-corrected chi connectivity index (χ1v) is 9.13. The molecule has 146 valence electrons. The minimum Gasteiger partial charge on any atom is -0.459 e. The molecule has 0 spiro atoms. The van der Waals surface area contributed by atoms with Gasteiger partial charge in [0.2, 0.25) is 5.91 Å². The van der Waals surface area contributed by atoms with Crippen molar-refractivity contribution >= 4 is 23.2 Å². The van der Waals surface area contributed by atoms with E-state index in [0.29, 0.717) is 27.1 Å². The fourth-order valence-electron chi connectivity index (χ4n) is 2.60. The zero-order chi connectivity index (χ0) is 20.4. The molecule has 0 aliphatic carbocycles. The molecule has 0 aliphatic heterocycles. The highest BCUT2D eigenvalue weighted by Crippen LogP contribution is 2.29. The Labute approximate surface area is 163 Å². The third kappa shape index (κ3) is 3.94. The second-order valence-corrected chi connectivity index (χ2v) is 7.04. The van der Waals surface area contributed by atoms with Gasteiger partial charge in [-0.05, 0) is 43.7 Å². The van der Waals surface area contributed by atoms with E-state index in [1.54, 1.807) is 26.0 Å². The van der Waals surface area contributed by atoms with Gasteiger partial charge in [0.05, 0.1) is 5.69 Å². The Bertz CT molecular complexity index is 1040. The molecule has 3 aromatic rings. The molecular formula is C19H17F2N3O3S. The van der Waals surface area contributed by atoms with Crippen LogP contribution in [-0.4, -0.2) is 23.8 Å². The van der Waals surface area contributed by atoms with Gasteiger partial charge in [0.1, 0.15) is 16.7 Å². The maximum Gasteiger partial charge on any atom is 0.264 e. The second-order valence-electron chi connectivity index (χ2n) is 6.04. The van der Waals surface area contributed by atoms with Gasteiger partial charge in [-0.15, -0.1) is 11.3 Å². The van der Waals surface area contributed by atoms with E-state index in [1.807, 2.05) is 0 Å². The fourth-order valence-corrected chi connectivity index (χ4v) is 3.53. The van der Waals surface area contributed by atoms with Gasteiger partial charge in [0.25, 0.3) is 5.91 Å². The van der Waals surface area contributed by atoms with Crippen LogP contribution in [0.15, 0.2) is 34.7 Å². The third-order valence-electron chi connectivity index (χ3n) is 4.01. The number of likely N-dealkylation sites (N-methyl/N-ethyl adjacent to an activating group) is 1. The van der Waals surface area contributed by atoms with Gasteiger partial charge in [-0.25, -0.2) is 13.8 Å². The maximum absolute atomic E-state index is 13.6. The van der Waals surface area contributed by atoms with Crippen LogP contribution in [0.1, 0.15) is 32.7 Å². The fraction of sp³-hybridized carbons (Fsp3) is 0.211. The standard InChI is InChI=1S/C19H17F2N3O3S/c1-9-4-7-14(27-9)19-23-10(2)16(28-19)18(26)24-15(17(25)22-3)11-5-6-12(20)13(21)8-11/h4-8,15H,1-3H3,(H,22,25)(H,24,26). The van der Waals surface area contributed by atoms with Crippen molar-refractivity contribution in [1.82, 2.24) is 15.6 Å². The summed E-state index contributed by atoms with van der Waals surface area (Å²) in [6.07, 6.45) is 0. The van der Waals surface area contributed by atoms with E-state index in [4.69, 9.17) is 4.42 Å². The quantitative estimate of drug-likeness (QED) is 0.680. The maximum atomic E-state index is 13.6. The van der Waals surface area contributed by atoms with Crippen LogP contribution >= 0.6 is 11.3 Å². The van der Waals surface area contributed by atoms with Gasteiger partial charge in [-0.1, -0.05) is 6.07 Å². The predicted molar refractivity (Wildman–Crippen MR) is 99.9 cm³/mol. The molecule has 1 aromatic carbocycles. The molecule has 0 aliphatic rings. The van der Waals surface area contributed by atoms with E-state index in [0.717, 1.165) is 23.5 Å². The first-order valence-electron chi connectivity index (χ1n) is 8.31. The summed E-state index contributed by atoms with van der Waals surface area (Å²) in [5, 5.41) is 5.49. The summed E-state index contributed by atoms with van der Waals surface area (Å²) < 4.78 is 32.3. The third-order valence-corrected chi connectivity index (χ3v) is 5.19. The summed E-state index contributed by atoms with van der Waals surface area (Å²) in [5.41, 5.74) is 0.586. The largest absolute Gasteiger partial charge is 0.459 e. The average molecular weight is 405 g/mol. The first-order chi connectivity index (χ1) is 13.3. The second kappa shape index (κ2) is 7.89. The first kappa shape index (κ1) is 19.7. The van der Waals surface area contributed by atoms with Crippen molar-refractivity contribution in [3.8, 4) is 10.8 Å². The van der Waals surface area contributed by atoms with Crippen LogP contribution in [0.3, 0.4) is 0 Å². The van der Waals surface area contributed by atoms with Gasteiger partial charge in [-0.3, -0.25) is 9.59 Å². The van der Waals surface area contributed by atoms with E-state index < -0.39 is 29.5 Å². The molecule has 2 amide bonds. The lowest BCUT2D eigenvalue weighted by Gasteiger charge is -2.17. The highest BCUT2D eigenvalue weighted by Gasteiger charge is 2.26. The van der Waals surface area contributed by atoms with E-state index in [2.05, 4.69) is 15.6 Å². The summed E-state index contributed by atoms with van der Waals surface area (Å²) in [6, 6.07) is 5.38. The van der Waals surface area contributed by atoms with Crippen molar-refractivity contribution in [3.05, 3.63) is 63.9 Å². The number of hydrogen-bond acceptors (Lipinski definition) is 5. The SMILES string of the molecule is CNC(=O)C(NC(=O)c1sc(-c2ccc(C)o2)nc1C)c1ccc(F)c(F)c1. The van der Waals surface area contributed by atoms with Crippen molar-refractivity contribution in [2.75, 3.05) is 7.05 Å². The van der Waals surface area contributed by atoms with Gasteiger partial charge in [0.15, 0.2) is 22.4 Å². The lowest BCUT2D eigenvalue weighted by Crippen LogP contribution is -2.39. The molecule has 2 heterocycles. The molecule has 2 aromatic heterocycles. The van der Waals surface area contributed by atoms with Gasteiger partial charge < -0.3 is 15.1 Å². The number of carbonyl (C=O) groups is 2. The van der Waals surface area contributed by atoms with Gasteiger partial charge >= 0.3 is 0 Å². The lowest BCUT2D eigenvalue weighted by atomic mass is 10.1. The van der Waals surface area contributed by atoms with E-state index in [9.17, 15) is 18.4 Å². The molecule has 0 saturated heterocycles. The smallest absolute Gasteiger partial charge is 0.264 e. The molecule has 28 heavy (non-hydrogen) atoms. The van der Waals surface area contributed by atoms with Crippen LogP contribution in [0.2, 0.25) is 0 Å². The van der Waals surface area contributed by atoms with E-state index in [-0.39, 0.29) is 5.56 Å². The number of aromatic nitrogens is 1. The Hall–Kier alpha value is -3.07. The number of halogens is 2. The summed E-state index contributed by atoms with van der Waals surface area (Å²) in [4.78, 5) is 29.6. The topological polar surface area (TPSA) is 84.2 Å². The lowest BCUT2D eigenvalue weighted by molar-refractivity contribution is -0.122. The normalized spacial score (nSPS) is 11.9. The van der Waals surface area contributed by atoms with Crippen molar-refractivity contribution < 1.29 is 22.8 Å². The minimum absolute atomic E-state index is 0.121. The van der Waals surface area contributed by atoms with Crippen molar-refractivity contribution in [2.24, 2.45) is 0 Å². The Morgan fingerprint density at radius 1 is 1.14 bits per heavy atom. The molecule has 2 N–H and O–H groups in total. The Kier molecular flexibility index (Phi) is 5.55. The highest BCUT2D eigenvalue weighted by molar-refractivity contribution is 7.17. The molecular weight excluding hydrogens is 388 g/mol. The zero-order valence-electron chi connectivity index (χ0n) is 15.3. The number of thiazole rings is 1. The summed E-state index contributed by atoms with van der Waals surface area (Å²) in [6.45, 7) is 3.46. The number of carbonyl (C=O) groups excluding carboxylic acids is 2. The summed E-state index contributed by atoms with van der Waals surface area (Å²) in [7, 11) is 1.39. The number of hydrogen-bond donors (Lipinski definition) is 2. The molecule has 1 unspecified atom stereocenters. The molecule has 0 fully saturated rings. The van der Waals surface area contributed by atoms with Crippen LogP contribution < -0.4 is 10.6 Å². The van der Waals surface area contributed by atoms with Gasteiger partial charge in [-0.2, -0.15) is 0 Å². The zero-order valence-corrected chi connectivity index (χ0v) is 16.1. The number of furan rings is 1. The van der Waals surface area contributed by atoms with Crippen LogP contribution in [0.5, 0.6) is 0 Å².